The predicted molar refractivity (Wildman–Crippen MR) is 123 cm³/mol. The minimum Gasteiger partial charge on any atom is -0.368 e. The van der Waals surface area contributed by atoms with Gasteiger partial charge in [0.1, 0.15) is 5.82 Å². The SMILES string of the molecule is CN1CCN(c2cnc3c(c2)C(c2ccn4ncc(C(=O)NCC(F)F)c4c2)=CCN3)CC1. The maximum Gasteiger partial charge on any atom is 0.255 e. The Labute approximate surface area is 189 Å². The molecule has 33 heavy (non-hydrogen) atoms. The van der Waals surface area contributed by atoms with Crippen LogP contribution in [-0.4, -0.2) is 78.1 Å². The van der Waals surface area contributed by atoms with Crippen molar-refractivity contribution in [1.29, 1.82) is 0 Å². The largest absolute Gasteiger partial charge is 0.368 e. The lowest BCUT2D eigenvalue weighted by Crippen LogP contribution is -2.44. The molecular formula is C23H25F2N7O. The number of hydrogen-bond acceptors (Lipinski definition) is 6. The Morgan fingerprint density at radius 3 is 2.82 bits per heavy atom. The van der Waals surface area contributed by atoms with Crippen LogP contribution in [0.3, 0.4) is 0 Å². The average molecular weight is 453 g/mol. The lowest BCUT2D eigenvalue weighted by Gasteiger charge is -2.34. The van der Waals surface area contributed by atoms with Crippen molar-refractivity contribution < 1.29 is 13.6 Å². The van der Waals surface area contributed by atoms with Crippen molar-refractivity contribution in [2.75, 3.05) is 56.5 Å². The molecule has 1 amide bonds. The molecule has 5 rings (SSSR count). The Balaban J connectivity index is 1.48. The Morgan fingerprint density at radius 1 is 1.21 bits per heavy atom. The Bertz CT molecular complexity index is 1210. The van der Waals surface area contributed by atoms with E-state index in [0.717, 1.165) is 54.4 Å². The highest BCUT2D eigenvalue weighted by Gasteiger charge is 2.21. The third-order valence-corrected chi connectivity index (χ3v) is 6.10. The molecule has 0 radical (unpaired) electrons. The maximum atomic E-state index is 12.5. The molecule has 3 aromatic rings. The first kappa shape index (κ1) is 21.3. The van der Waals surface area contributed by atoms with Crippen LogP contribution in [-0.2, 0) is 0 Å². The summed E-state index contributed by atoms with van der Waals surface area (Å²) in [6, 6.07) is 5.96. The van der Waals surface area contributed by atoms with Gasteiger partial charge in [0.05, 0.1) is 35.7 Å². The first-order valence-electron chi connectivity index (χ1n) is 10.9. The van der Waals surface area contributed by atoms with Crippen LogP contribution in [0.25, 0.3) is 11.1 Å². The number of hydrogen-bond donors (Lipinski definition) is 2. The molecule has 3 aromatic heterocycles. The molecule has 10 heteroatoms. The summed E-state index contributed by atoms with van der Waals surface area (Å²) < 4.78 is 26.6. The molecule has 2 aliphatic heterocycles. The van der Waals surface area contributed by atoms with Crippen LogP contribution in [0.5, 0.6) is 0 Å². The molecule has 1 fully saturated rings. The number of pyridine rings is 2. The van der Waals surface area contributed by atoms with E-state index in [1.807, 2.05) is 18.3 Å². The van der Waals surface area contributed by atoms with Crippen LogP contribution in [0.1, 0.15) is 21.5 Å². The lowest BCUT2D eigenvalue weighted by molar-refractivity contribution is 0.0893. The average Bonchev–Trinajstić information content (AvgIpc) is 3.25. The fraction of sp³-hybridized carbons (Fsp3) is 0.348. The number of anilines is 2. The van der Waals surface area contributed by atoms with Gasteiger partial charge in [-0.1, -0.05) is 6.08 Å². The molecule has 172 valence electrons. The van der Waals surface area contributed by atoms with E-state index in [4.69, 9.17) is 0 Å². The number of alkyl halides is 2. The van der Waals surface area contributed by atoms with Crippen LogP contribution in [0, 0.1) is 0 Å². The number of nitrogens with one attached hydrogen (secondary N) is 2. The number of amides is 1. The van der Waals surface area contributed by atoms with Crippen LogP contribution in [0.15, 0.2) is 42.9 Å². The highest BCUT2D eigenvalue weighted by atomic mass is 19.3. The molecule has 0 atom stereocenters. The second kappa shape index (κ2) is 8.78. The standard InChI is InChI=1S/C23H25F2N7O/c1-30-6-8-31(9-7-30)16-11-18-17(2-4-26-22(18)27-12-16)15-3-5-32-20(10-15)19(13-29-32)23(33)28-14-21(24)25/h2-3,5,10-13,21H,4,6-9,14H2,1H3,(H,26,27)(H,28,33). The number of carbonyl (C=O) groups excluding carboxylic acids is 1. The second-order valence-electron chi connectivity index (χ2n) is 8.28. The van der Waals surface area contributed by atoms with Gasteiger partial charge in [-0.15, -0.1) is 0 Å². The van der Waals surface area contributed by atoms with E-state index >= 15 is 0 Å². The van der Waals surface area contributed by atoms with Gasteiger partial charge in [-0.2, -0.15) is 5.10 Å². The molecule has 8 nitrogen and oxygen atoms in total. The summed E-state index contributed by atoms with van der Waals surface area (Å²) in [7, 11) is 2.13. The van der Waals surface area contributed by atoms with Crippen molar-refractivity contribution in [3.05, 3.63) is 59.6 Å². The first-order chi connectivity index (χ1) is 16.0. The summed E-state index contributed by atoms with van der Waals surface area (Å²) in [5.74, 6) is 0.245. The zero-order valence-electron chi connectivity index (χ0n) is 18.3. The van der Waals surface area contributed by atoms with Crippen LogP contribution < -0.4 is 15.5 Å². The summed E-state index contributed by atoms with van der Waals surface area (Å²) >= 11 is 0. The van der Waals surface area contributed by atoms with Crippen molar-refractivity contribution >= 4 is 28.5 Å². The van der Waals surface area contributed by atoms with E-state index in [1.165, 1.54) is 6.20 Å². The Morgan fingerprint density at radius 2 is 2.03 bits per heavy atom. The van der Waals surface area contributed by atoms with E-state index in [2.05, 4.69) is 49.7 Å². The number of likely N-dealkylation sites (N-methyl/N-ethyl adjacent to an activating group) is 1. The van der Waals surface area contributed by atoms with Gasteiger partial charge in [0.25, 0.3) is 12.3 Å². The molecule has 1 saturated heterocycles. The van der Waals surface area contributed by atoms with Crippen molar-refractivity contribution in [3.63, 3.8) is 0 Å². The zero-order chi connectivity index (χ0) is 22.9. The quantitative estimate of drug-likeness (QED) is 0.618. The number of rotatable bonds is 5. The molecule has 0 saturated carbocycles. The number of carbonyl (C=O) groups is 1. The third kappa shape index (κ3) is 4.25. The van der Waals surface area contributed by atoms with E-state index in [9.17, 15) is 13.6 Å². The second-order valence-corrected chi connectivity index (χ2v) is 8.28. The topological polar surface area (TPSA) is 77.8 Å². The minimum atomic E-state index is -2.61. The van der Waals surface area contributed by atoms with Gasteiger partial charge in [0.15, 0.2) is 0 Å². The molecule has 0 aliphatic carbocycles. The monoisotopic (exact) mass is 453 g/mol. The van der Waals surface area contributed by atoms with Gasteiger partial charge >= 0.3 is 0 Å². The lowest BCUT2D eigenvalue weighted by atomic mass is 9.95. The van der Waals surface area contributed by atoms with E-state index in [0.29, 0.717) is 12.1 Å². The number of fused-ring (bicyclic) bond motifs is 2. The summed E-state index contributed by atoms with van der Waals surface area (Å²) in [5, 5.41) is 9.77. The van der Waals surface area contributed by atoms with Crippen molar-refractivity contribution in [1.82, 2.24) is 24.8 Å². The van der Waals surface area contributed by atoms with Gasteiger partial charge in [0, 0.05) is 44.5 Å². The third-order valence-electron chi connectivity index (χ3n) is 6.10. The number of aromatic nitrogens is 3. The molecule has 0 aromatic carbocycles. The van der Waals surface area contributed by atoms with E-state index < -0.39 is 18.9 Å². The fourth-order valence-corrected chi connectivity index (χ4v) is 4.26. The smallest absolute Gasteiger partial charge is 0.255 e. The van der Waals surface area contributed by atoms with Gasteiger partial charge in [-0.25, -0.2) is 18.3 Å². The van der Waals surface area contributed by atoms with E-state index in [-0.39, 0.29) is 5.56 Å². The van der Waals surface area contributed by atoms with Crippen LogP contribution >= 0.6 is 0 Å². The molecule has 5 heterocycles. The summed E-state index contributed by atoms with van der Waals surface area (Å²) in [5.41, 5.74) is 4.81. The van der Waals surface area contributed by atoms with Gasteiger partial charge in [-0.3, -0.25) is 4.79 Å². The molecule has 2 aliphatic rings. The van der Waals surface area contributed by atoms with Crippen molar-refractivity contribution in [3.8, 4) is 0 Å². The predicted octanol–water partition coefficient (Wildman–Crippen LogP) is 2.33. The van der Waals surface area contributed by atoms with Crippen LogP contribution in [0.2, 0.25) is 0 Å². The number of halogens is 2. The van der Waals surface area contributed by atoms with Crippen LogP contribution in [0.4, 0.5) is 20.3 Å². The van der Waals surface area contributed by atoms with Gasteiger partial charge < -0.3 is 20.4 Å². The number of piperazine rings is 1. The molecular weight excluding hydrogens is 428 g/mol. The number of nitrogens with zero attached hydrogens (tertiary/aromatic N) is 5. The molecule has 0 spiro atoms. The fourth-order valence-electron chi connectivity index (χ4n) is 4.26. The summed E-state index contributed by atoms with van der Waals surface area (Å²) in [4.78, 5) is 21.7. The normalized spacial score (nSPS) is 16.5. The highest BCUT2D eigenvalue weighted by molar-refractivity contribution is 6.01. The maximum absolute atomic E-state index is 12.5. The molecule has 0 unspecified atom stereocenters. The summed E-state index contributed by atoms with van der Waals surface area (Å²) in [6.45, 7) is 3.85. The van der Waals surface area contributed by atoms with E-state index in [1.54, 1.807) is 10.7 Å². The Hall–Kier alpha value is -3.53. The Kier molecular flexibility index (Phi) is 5.67. The minimum absolute atomic E-state index is 0.261. The summed E-state index contributed by atoms with van der Waals surface area (Å²) in [6.07, 6.45) is 4.57. The van der Waals surface area contributed by atoms with Gasteiger partial charge in [-0.05, 0) is 36.4 Å². The van der Waals surface area contributed by atoms with Gasteiger partial charge in [0.2, 0.25) is 0 Å². The van der Waals surface area contributed by atoms with Crippen molar-refractivity contribution in [2.24, 2.45) is 0 Å². The zero-order valence-corrected chi connectivity index (χ0v) is 18.3. The van der Waals surface area contributed by atoms with Crippen molar-refractivity contribution in [2.45, 2.75) is 6.43 Å². The molecule has 2 N–H and O–H groups in total. The highest BCUT2D eigenvalue weighted by Crippen LogP contribution is 2.34. The molecule has 0 bridgehead atoms. The first-order valence-corrected chi connectivity index (χ1v) is 10.9.